The van der Waals surface area contributed by atoms with Crippen molar-refractivity contribution in [3.05, 3.63) is 130 Å². The summed E-state index contributed by atoms with van der Waals surface area (Å²) >= 11 is 0. The molecule has 0 spiro atoms. The highest BCUT2D eigenvalue weighted by molar-refractivity contribution is 6.13. The number of para-hydroxylation sites is 1. The first kappa shape index (κ1) is 18.4. The Morgan fingerprint density at radius 1 is 0.700 bits per heavy atom. The Bertz CT molecular complexity index is 1190. The zero-order valence-electron chi connectivity index (χ0n) is 16.9. The monoisotopic (exact) mass is 388 g/mol. The van der Waals surface area contributed by atoms with Crippen molar-refractivity contribution in [3.8, 4) is 0 Å². The largest absolute Gasteiger partial charge is 0.355 e. The van der Waals surface area contributed by atoms with Crippen LogP contribution < -0.4 is 5.32 Å². The molecule has 4 aromatic rings. The molecule has 0 atom stereocenters. The highest BCUT2D eigenvalue weighted by Gasteiger charge is 2.21. The lowest BCUT2D eigenvalue weighted by Crippen LogP contribution is -2.12. The van der Waals surface area contributed by atoms with E-state index in [1.165, 1.54) is 27.9 Å². The SMILES string of the molecule is N=C(c1ccccc1)c1c(Cc2ccccc2)ccc2c1CCc1ccccc1N2. The lowest BCUT2D eigenvalue weighted by atomic mass is 9.87. The first-order chi connectivity index (χ1) is 14.8. The van der Waals surface area contributed by atoms with Gasteiger partial charge >= 0.3 is 0 Å². The molecule has 2 N–H and O–H groups in total. The average molecular weight is 389 g/mol. The second-order valence-corrected chi connectivity index (χ2v) is 7.81. The number of fused-ring (bicyclic) bond motifs is 2. The first-order valence-corrected chi connectivity index (χ1v) is 10.5. The number of hydrogen-bond acceptors (Lipinski definition) is 2. The second kappa shape index (κ2) is 8.00. The van der Waals surface area contributed by atoms with Crippen LogP contribution >= 0.6 is 0 Å². The van der Waals surface area contributed by atoms with E-state index in [2.05, 4.69) is 72.0 Å². The molecule has 0 aliphatic carbocycles. The van der Waals surface area contributed by atoms with Gasteiger partial charge in [0.15, 0.2) is 0 Å². The maximum atomic E-state index is 9.12. The van der Waals surface area contributed by atoms with E-state index in [4.69, 9.17) is 5.41 Å². The third-order valence-corrected chi connectivity index (χ3v) is 5.88. The normalized spacial score (nSPS) is 12.3. The van der Waals surface area contributed by atoms with Crippen LogP contribution in [-0.4, -0.2) is 5.71 Å². The summed E-state index contributed by atoms with van der Waals surface area (Å²) in [6, 6.07) is 33.5. The van der Waals surface area contributed by atoms with Gasteiger partial charge < -0.3 is 5.32 Å². The Balaban J connectivity index is 1.64. The molecular formula is C28H24N2. The van der Waals surface area contributed by atoms with Gasteiger partial charge in [-0.25, -0.2) is 0 Å². The zero-order chi connectivity index (χ0) is 20.3. The molecule has 0 saturated heterocycles. The third-order valence-electron chi connectivity index (χ3n) is 5.88. The van der Waals surface area contributed by atoms with Gasteiger partial charge in [0.25, 0.3) is 0 Å². The highest BCUT2D eigenvalue weighted by Crippen LogP contribution is 2.35. The molecule has 0 aromatic heterocycles. The van der Waals surface area contributed by atoms with Crippen LogP contribution in [0.4, 0.5) is 11.4 Å². The molecule has 5 rings (SSSR count). The minimum atomic E-state index is 0.603. The summed E-state index contributed by atoms with van der Waals surface area (Å²) in [5.41, 5.74) is 9.97. The summed E-state index contributed by atoms with van der Waals surface area (Å²) in [7, 11) is 0. The lowest BCUT2D eigenvalue weighted by Gasteiger charge is -2.19. The highest BCUT2D eigenvalue weighted by atomic mass is 14.9. The minimum absolute atomic E-state index is 0.603. The van der Waals surface area contributed by atoms with Crippen LogP contribution in [0.1, 0.15) is 33.4 Å². The fourth-order valence-corrected chi connectivity index (χ4v) is 4.36. The van der Waals surface area contributed by atoms with Crippen molar-refractivity contribution >= 4 is 17.1 Å². The van der Waals surface area contributed by atoms with E-state index >= 15 is 0 Å². The summed E-state index contributed by atoms with van der Waals surface area (Å²) < 4.78 is 0. The van der Waals surface area contributed by atoms with Crippen molar-refractivity contribution < 1.29 is 0 Å². The van der Waals surface area contributed by atoms with Crippen LogP contribution in [0.2, 0.25) is 0 Å². The average Bonchev–Trinajstić information content (AvgIpc) is 2.99. The number of benzene rings is 4. The van der Waals surface area contributed by atoms with Crippen LogP contribution in [-0.2, 0) is 19.3 Å². The predicted molar refractivity (Wildman–Crippen MR) is 125 cm³/mol. The lowest BCUT2D eigenvalue weighted by molar-refractivity contribution is 0.968. The van der Waals surface area contributed by atoms with E-state index in [-0.39, 0.29) is 0 Å². The number of nitrogens with one attached hydrogen (secondary N) is 2. The van der Waals surface area contributed by atoms with Gasteiger partial charge in [-0.1, -0.05) is 84.9 Å². The van der Waals surface area contributed by atoms with E-state index < -0.39 is 0 Å². The van der Waals surface area contributed by atoms with Gasteiger partial charge in [-0.2, -0.15) is 0 Å². The molecule has 2 nitrogen and oxygen atoms in total. The van der Waals surface area contributed by atoms with Gasteiger partial charge in [-0.15, -0.1) is 0 Å². The topological polar surface area (TPSA) is 35.9 Å². The Hall–Kier alpha value is -3.65. The summed E-state index contributed by atoms with van der Waals surface area (Å²) in [6.07, 6.45) is 2.72. The molecule has 1 aliphatic heterocycles. The van der Waals surface area contributed by atoms with E-state index in [9.17, 15) is 0 Å². The zero-order valence-corrected chi connectivity index (χ0v) is 16.9. The predicted octanol–water partition coefficient (Wildman–Crippen LogP) is 6.54. The van der Waals surface area contributed by atoms with Crippen molar-refractivity contribution in [2.24, 2.45) is 0 Å². The Morgan fingerprint density at radius 3 is 2.20 bits per heavy atom. The molecule has 0 radical (unpaired) electrons. The first-order valence-electron chi connectivity index (χ1n) is 10.5. The van der Waals surface area contributed by atoms with Crippen LogP contribution in [0.25, 0.3) is 0 Å². The summed E-state index contributed by atoms with van der Waals surface area (Å²) in [5, 5.41) is 12.8. The smallest absolute Gasteiger partial charge is 0.0690 e. The van der Waals surface area contributed by atoms with Crippen molar-refractivity contribution in [3.63, 3.8) is 0 Å². The molecule has 146 valence electrons. The van der Waals surface area contributed by atoms with Crippen molar-refractivity contribution in [1.29, 1.82) is 5.41 Å². The number of anilines is 2. The van der Waals surface area contributed by atoms with E-state index in [1.54, 1.807) is 0 Å². The van der Waals surface area contributed by atoms with Gasteiger partial charge in [0.2, 0.25) is 0 Å². The minimum Gasteiger partial charge on any atom is -0.355 e. The van der Waals surface area contributed by atoms with Crippen molar-refractivity contribution in [2.45, 2.75) is 19.3 Å². The summed E-state index contributed by atoms with van der Waals surface area (Å²) in [5.74, 6) is 0. The van der Waals surface area contributed by atoms with E-state index in [0.29, 0.717) is 5.71 Å². The molecule has 4 aromatic carbocycles. The molecule has 0 unspecified atom stereocenters. The maximum absolute atomic E-state index is 9.12. The Morgan fingerprint density at radius 2 is 1.40 bits per heavy atom. The Kier molecular flexibility index (Phi) is 4.90. The van der Waals surface area contributed by atoms with Gasteiger partial charge in [-0.3, -0.25) is 5.41 Å². The van der Waals surface area contributed by atoms with Crippen LogP contribution in [0.3, 0.4) is 0 Å². The third kappa shape index (κ3) is 3.53. The van der Waals surface area contributed by atoms with Gasteiger partial charge in [0.05, 0.1) is 5.71 Å². The van der Waals surface area contributed by atoms with Crippen molar-refractivity contribution in [1.82, 2.24) is 0 Å². The molecule has 0 bridgehead atoms. The molecule has 1 heterocycles. The van der Waals surface area contributed by atoms with Crippen LogP contribution in [0.5, 0.6) is 0 Å². The summed E-state index contributed by atoms with van der Waals surface area (Å²) in [4.78, 5) is 0. The second-order valence-electron chi connectivity index (χ2n) is 7.81. The number of rotatable bonds is 4. The quantitative estimate of drug-likeness (QED) is 0.383. The number of aryl methyl sites for hydroxylation is 1. The molecule has 0 saturated carbocycles. The standard InChI is InChI=1S/C28H24N2/c29-28(22-12-5-2-6-13-22)27-23(19-20-9-3-1-4-10-20)16-18-26-24(27)17-15-21-11-7-8-14-25(21)30-26/h1-14,16,18,29-30H,15,17,19H2. The fraction of sp³-hybridized carbons (Fsp3) is 0.107. The summed E-state index contributed by atoms with van der Waals surface area (Å²) in [6.45, 7) is 0. The van der Waals surface area contributed by atoms with E-state index in [1.807, 2.05) is 30.3 Å². The van der Waals surface area contributed by atoms with Crippen molar-refractivity contribution in [2.75, 3.05) is 5.32 Å². The maximum Gasteiger partial charge on any atom is 0.0690 e. The van der Waals surface area contributed by atoms with Crippen LogP contribution in [0, 0.1) is 5.41 Å². The molecule has 2 heteroatoms. The van der Waals surface area contributed by atoms with Gasteiger partial charge in [-0.05, 0) is 53.6 Å². The van der Waals surface area contributed by atoms with Crippen LogP contribution in [0.15, 0.2) is 97.1 Å². The van der Waals surface area contributed by atoms with Gasteiger partial charge in [0, 0.05) is 22.5 Å². The molecule has 0 fully saturated rings. The molecule has 0 amide bonds. The molecular weight excluding hydrogens is 364 g/mol. The Labute approximate surface area is 177 Å². The number of hydrogen-bond donors (Lipinski definition) is 2. The molecule has 30 heavy (non-hydrogen) atoms. The fourth-order valence-electron chi connectivity index (χ4n) is 4.36. The van der Waals surface area contributed by atoms with E-state index in [0.717, 1.165) is 36.1 Å². The molecule has 1 aliphatic rings. The van der Waals surface area contributed by atoms with Gasteiger partial charge in [0.1, 0.15) is 0 Å².